The van der Waals surface area contributed by atoms with E-state index in [1.807, 2.05) is 54.6 Å². The molecule has 0 aliphatic rings. The number of hydrogen-bond donors (Lipinski definition) is 3. The Morgan fingerprint density at radius 2 is 1.58 bits per heavy atom. The standard InChI is InChI=1S/C37H37N3O2S/c1-26(38-21-18-33(27-11-5-3-6-12-27)28-13-7-4-8-14-28)34(19-22-43-2)40-37(42)31-16-9-15-29(23-31)32-24-30-17-10-20-39-36(30)35(41)25-32/h3-17,20,23-25,33-34,38,41H,1,18-19,21-22H2,2H3,(H,40,42). The Hall–Kier alpha value is -4.55. The van der Waals surface area contributed by atoms with Crippen LogP contribution in [-0.4, -0.2) is 40.6 Å². The minimum absolute atomic E-state index is 0.115. The highest BCUT2D eigenvalue weighted by Crippen LogP contribution is 2.31. The second kappa shape index (κ2) is 14.6. The minimum atomic E-state index is -0.216. The Balaban J connectivity index is 1.27. The lowest BCUT2D eigenvalue weighted by Crippen LogP contribution is -2.40. The van der Waals surface area contributed by atoms with Crippen molar-refractivity contribution in [1.29, 1.82) is 0 Å². The fraction of sp³-hybridized carbons (Fsp3) is 0.189. The lowest BCUT2D eigenvalue weighted by molar-refractivity contribution is 0.0941. The van der Waals surface area contributed by atoms with E-state index in [-0.39, 0.29) is 23.6 Å². The maximum atomic E-state index is 13.5. The lowest BCUT2D eigenvalue weighted by Gasteiger charge is -2.24. The molecule has 0 aliphatic heterocycles. The smallest absolute Gasteiger partial charge is 0.251 e. The van der Waals surface area contributed by atoms with Crippen molar-refractivity contribution in [2.75, 3.05) is 18.6 Å². The predicted octanol–water partition coefficient (Wildman–Crippen LogP) is 7.78. The highest BCUT2D eigenvalue weighted by atomic mass is 32.2. The van der Waals surface area contributed by atoms with Gasteiger partial charge >= 0.3 is 0 Å². The summed E-state index contributed by atoms with van der Waals surface area (Å²) in [7, 11) is 0. The summed E-state index contributed by atoms with van der Waals surface area (Å²) in [5.41, 5.74) is 6.15. The van der Waals surface area contributed by atoms with Gasteiger partial charge in [-0.1, -0.05) is 85.4 Å². The molecule has 43 heavy (non-hydrogen) atoms. The van der Waals surface area contributed by atoms with Gasteiger partial charge in [-0.15, -0.1) is 0 Å². The summed E-state index contributed by atoms with van der Waals surface area (Å²) in [5, 5.41) is 18.1. The first kappa shape index (κ1) is 29.9. The molecular formula is C37H37N3O2S. The third-order valence-electron chi connectivity index (χ3n) is 7.67. The molecule has 1 aromatic heterocycles. The van der Waals surface area contributed by atoms with Gasteiger partial charge < -0.3 is 15.7 Å². The van der Waals surface area contributed by atoms with E-state index < -0.39 is 0 Å². The van der Waals surface area contributed by atoms with Gasteiger partial charge in [0.2, 0.25) is 0 Å². The number of carbonyl (C=O) groups excluding carboxylic acids is 1. The van der Waals surface area contributed by atoms with Crippen LogP contribution in [0, 0.1) is 0 Å². The molecule has 1 unspecified atom stereocenters. The van der Waals surface area contributed by atoms with Crippen LogP contribution in [-0.2, 0) is 0 Å². The molecule has 0 radical (unpaired) electrons. The number of carbonyl (C=O) groups is 1. The van der Waals surface area contributed by atoms with Crippen LogP contribution < -0.4 is 10.6 Å². The summed E-state index contributed by atoms with van der Waals surface area (Å²) in [6.07, 6.45) is 5.39. The van der Waals surface area contributed by atoms with Crippen molar-refractivity contribution in [3.63, 3.8) is 0 Å². The van der Waals surface area contributed by atoms with Crippen LogP contribution in [0.25, 0.3) is 22.0 Å². The number of nitrogens with zero attached hydrogens (tertiary/aromatic N) is 1. The molecule has 0 bridgehead atoms. The first-order valence-corrected chi connectivity index (χ1v) is 15.9. The molecule has 0 aliphatic carbocycles. The molecule has 3 N–H and O–H groups in total. The van der Waals surface area contributed by atoms with Gasteiger partial charge in [-0.05, 0) is 77.4 Å². The summed E-state index contributed by atoms with van der Waals surface area (Å²) in [6, 6.07) is 35.8. The molecule has 4 aromatic carbocycles. The minimum Gasteiger partial charge on any atom is -0.506 e. The Morgan fingerprint density at radius 3 is 2.28 bits per heavy atom. The molecule has 6 heteroatoms. The number of amides is 1. The van der Waals surface area contributed by atoms with Crippen LogP contribution >= 0.6 is 11.8 Å². The van der Waals surface area contributed by atoms with Gasteiger partial charge in [0, 0.05) is 35.3 Å². The van der Waals surface area contributed by atoms with E-state index in [1.165, 1.54) is 11.1 Å². The van der Waals surface area contributed by atoms with Gasteiger partial charge in [-0.3, -0.25) is 9.78 Å². The second-order valence-electron chi connectivity index (χ2n) is 10.6. The van der Waals surface area contributed by atoms with Gasteiger partial charge in [0.05, 0.1) is 6.04 Å². The zero-order valence-electron chi connectivity index (χ0n) is 24.4. The van der Waals surface area contributed by atoms with E-state index in [9.17, 15) is 9.90 Å². The van der Waals surface area contributed by atoms with Crippen molar-refractivity contribution in [3.8, 4) is 16.9 Å². The van der Waals surface area contributed by atoms with E-state index in [0.717, 1.165) is 47.3 Å². The normalized spacial score (nSPS) is 11.8. The molecular weight excluding hydrogens is 550 g/mol. The number of aromatic nitrogens is 1. The van der Waals surface area contributed by atoms with Crippen LogP contribution in [0.4, 0.5) is 0 Å². The number of pyridine rings is 1. The van der Waals surface area contributed by atoms with E-state index in [4.69, 9.17) is 0 Å². The van der Waals surface area contributed by atoms with Crippen LogP contribution in [0.2, 0.25) is 0 Å². The average molecular weight is 588 g/mol. The zero-order chi connectivity index (χ0) is 30.0. The van der Waals surface area contributed by atoms with Crippen LogP contribution in [0.1, 0.15) is 40.2 Å². The summed E-state index contributed by atoms with van der Waals surface area (Å²) in [6.45, 7) is 5.06. The number of phenols is 1. The lowest BCUT2D eigenvalue weighted by atomic mass is 9.88. The maximum absolute atomic E-state index is 13.5. The molecule has 5 rings (SSSR count). The highest BCUT2D eigenvalue weighted by Gasteiger charge is 2.19. The fourth-order valence-corrected chi connectivity index (χ4v) is 5.86. The number of phenolic OH excluding ortho intramolecular Hbond substituents is 1. The van der Waals surface area contributed by atoms with Gasteiger partial charge in [0.1, 0.15) is 11.3 Å². The number of hydrogen-bond acceptors (Lipinski definition) is 5. The number of fused-ring (bicyclic) bond motifs is 1. The average Bonchev–Trinajstić information content (AvgIpc) is 3.05. The number of rotatable bonds is 13. The largest absolute Gasteiger partial charge is 0.506 e. The van der Waals surface area contributed by atoms with E-state index in [2.05, 4.69) is 77.0 Å². The molecule has 0 saturated carbocycles. The van der Waals surface area contributed by atoms with Gasteiger partial charge in [0.15, 0.2) is 0 Å². The molecule has 5 nitrogen and oxygen atoms in total. The van der Waals surface area contributed by atoms with Gasteiger partial charge in [-0.25, -0.2) is 0 Å². The summed E-state index contributed by atoms with van der Waals surface area (Å²) >= 11 is 1.75. The molecule has 218 valence electrons. The number of aromatic hydroxyl groups is 1. The Labute approximate surface area is 258 Å². The first-order chi connectivity index (χ1) is 21.0. The Kier molecular flexibility index (Phi) is 10.1. The third kappa shape index (κ3) is 7.65. The molecule has 0 saturated heterocycles. The van der Waals surface area contributed by atoms with E-state index >= 15 is 0 Å². The number of nitrogens with one attached hydrogen (secondary N) is 2. The van der Waals surface area contributed by atoms with Crippen molar-refractivity contribution in [2.45, 2.75) is 24.8 Å². The SMILES string of the molecule is C=C(NCCC(c1ccccc1)c1ccccc1)C(CCSC)NC(=O)c1cccc(-c2cc(O)c3ncccc3c2)c1. The maximum Gasteiger partial charge on any atom is 0.251 e. The number of benzene rings is 4. The fourth-order valence-electron chi connectivity index (χ4n) is 5.39. The van der Waals surface area contributed by atoms with Crippen molar-refractivity contribution in [1.82, 2.24) is 15.6 Å². The summed E-state index contributed by atoms with van der Waals surface area (Å²) in [5.74, 6) is 1.11. The summed E-state index contributed by atoms with van der Waals surface area (Å²) in [4.78, 5) is 17.8. The van der Waals surface area contributed by atoms with Crippen molar-refractivity contribution in [3.05, 3.63) is 144 Å². The quantitative estimate of drug-likeness (QED) is 0.131. The Bertz CT molecular complexity index is 1630. The molecule has 1 amide bonds. The van der Waals surface area contributed by atoms with Gasteiger partial charge in [-0.2, -0.15) is 11.8 Å². The van der Waals surface area contributed by atoms with Crippen LogP contribution in [0.15, 0.2) is 128 Å². The topological polar surface area (TPSA) is 74.2 Å². The summed E-state index contributed by atoms with van der Waals surface area (Å²) < 4.78 is 0. The number of thioether (sulfide) groups is 1. The molecule has 0 spiro atoms. The van der Waals surface area contributed by atoms with E-state index in [1.54, 1.807) is 24.0 Å². The second-order valence-corrected chi connectivity index (χ2v) is 11.6. The molecule has 1 heterocycles. The molecule has 0 fully saturated rings. The van der Waals surface area contributed by atoms with Gasteiger partial charge in [0.25, 0.3) is 5.91 Å². The predicted molar refractivity (Wildman–Crippen MR) is 180 cm³/mol. The monoisotopic (exact) mass is 587 g/mol. The van der Waals surface area contributed by atoms with Crippen LogP contribution in [0.3, 0.4) is 0 Å². The van der Waals surface area contributed by atoms with Crippen molar-refractivity contribution in [2.24, 2.45) is 0 Å². The highest BCUT2D eigenvalue weighted by molar-refractivity contribution is 7.98. The Morgan fingerprint density at radius 1 is 0.860 bits per heavy atom. The molecule has 1 atom stereocenters. The molecule has 5 aromatic rings. The first-order valence-electron chi connectivity index (χ1n) is 14.5. The van der Waals surface area contributed by atoms with Crippen LogP contribution in [0.5, 0.6) is 5.75 Å². The third-order valence-corrected chi connectivity index (χ3v) is 8.31. The van der Waals surface area contributed by atoms with Crippen molar-refractivity contribution < 1.29 is 9.90 Å². The van der Waals surface area contributed by atoms with Crippen molar-refractivity contribution >= 4 is 28.6 Å². The van der Waals surface area contributed by atoms with E-state index in [0.29, 0.717) is 11.1 Å². The zero-order valence-corrected chi connectivity index (χ0v) is 25.2.